The summed E-state index contributed by atoms with van der Waals surface area (Å²) in [5.41, 5.74) is 8.06. The molecule has 2 atom stereocenters. The first-order valence-corrected chi connectivity index (χ1v) is 32.9. The zero-order valence-electron chi connectivity index (χ0n) is 56.2. The van der Waals surface area contributed by atoms with Gasteiger partial charge in [0.15, 0.2) is 11.5 Å². The van der Waals surface area contributed by atoms with Gasteiger partial charge in [-0.2, -0.15) is 0 Å². The number of ether oxygens (including phenoxy) is 2. The lowest BCUT2D eigenvalue weighted by Crippen LogP contribution is -2.97. The summed E-state index contributed by atoms with van der Waals surface area (Å²) in [6, 6.07) is 26.0. The van der Waals surface area contributed by atoms with Crippen LogP contribution in [0, 0.1) is 11.6 Å². The molecule has 0 saturated heterocycles. The van der Waals surface area contributed by atoms with Crippen molar-refractivity contribution in [1.82, 2.24) is 9.88 Å². The molecule has 0 spiro atoms. The van der Waals surface area contributed by atoms with Crippen molar-refractivity contribution in [3.63, 3.8) is 0 Å². The number of nitrogens with one attached hydrogen (secondary N) is 1. The van der Waals surface area contributed by atoms with Gasteiger partial charge in [0.2, 0.25) is 0 Å². The highest BCUT2D eigenvalue weighted by molar-refractivity contribution is 8.38. The first kappa shape index (κ1) is 87.6. The van der Waals surface area contributed by atoms with E-state index in [9.17, 15) is 8.78 Å². The first-order valence-electron chi connectivity index (χ1n) is 32.9. The van der Waals surface area contributed by atoms with Crippen LogP contribution in [0.3, 0.4) is 0 Å². The van der Waals surface area contributed by atoms with Gasteiger partial charge in [-0.1, -0.05) is 42.5 Å². The number of hydrogen-bond donors (Lipinski definition) is 1. The maximum absolute atomic E-state index is 13.9. The molecule has 66 heteroatoms. The summed E-state index contributed by atoms with van der Waals surface area (Å²) in [6.07, 6.45) is -39.8. The summed E-state index contributed by atoms with van der Waals surface area (Å²) in [6.45, 7) is 1.19. The molecule has 0 bridgehead atoms. The Morgan fingerprint density at radius 3 is 1.14 bits per heavy atom. The molecule has 4 aromatic carbocycles. The maximum atomic E-state index is 13.9. The zero-order valence-corrected chi connectivity index (χ0v) is 56.2. The van der Waals surface area contributed by atoms with Crippen LogP contribution in [0.15, 0.2) is 84.9 Å². The fourth-order valence-corrected chi connectivity index (χ4v) is 16.6. The van der Waals surface area contributed by atoms with Crippen LogP contribution in [-0.2, 0) is 19.4 Å². The molecular formula is C33H28B60F2N2O2. The number of benzene rings is 4. The lowest BCUT2D eigenvalue weighted by Gasteiger charge is -2.59. The molecule has 4 nitrogen and oxygen atoms in total. The van der Waals surface area contributed by atoms with Gasteiger partial charge in [-0.05, 0) is 83.1 Å². The van der Waals surface area contributed by atoms with Gasteiger partial charge in [-0.3, -0.25) is 4.90 Å². The number of methoxy groups -OCH3 is 1. The lowest BCUT2D eigenvalue weighted by molar-refractivity contribution is 0.127. The van der Waals surface area contributed by atoms with Crippen LogP contribution in [0.1, 0.15) is 45.6 Å². The van der Waals surface area contributed by atoms with Crippen LogP contribution in [0.25, 0.3) is 10.9 Å². The third-order valence-corrected chi connectivity index (χ3v) is 20.6. The van der Waals surface area contributed by atoms with Crippen LogP contribution >= 0.6 is 0 Å². The second-order valence-electron chi connectivity index (χ2n) is 27.1. The van der Waals surface area contributed by atoms with Crippen LogP contribution < -0.4 is 9.47 Å². The van der Waals surface area contributed by atoms with Crippen molar-refractivity contribution in [2.24, 2.45) is 0 Å². The highest BCUT2D eigenvalue weighted by Gasteiger charge is 2.63. The summed E-state index contributed by atoms with van der Waals surface area (Å²) in [4.78, 5) is 6.23. The molecule has 2 aliphatic rings. The number of aromatic amines is 1. The molecule has 0 fully saturated rings. The monoisotopic (exact) mass is 1180 g/mol. The van der Waals surface area contributed by atoms with Crippen molar-refractivity contribution in [2.75, 3.05) is 13.7 Å². The van der Waals surface area contributed by atoms with Crippen LogP contribution in [0.5, 0.6) is 11.5 Å². The van der Waals surface area contributed by atoms with E-state index < -0.39 is 185 Å². The maximum Gasteiger partial charge on any atom is 0.161 e. The minimum Gasteiger partial charge on any atom is -0.493 e. The number of halogens is 2. The van der Waals surface area contributed by atoms with E-state index in [1.165, 1.54) is 39.9 Å². The summed E-state index contributed by atoms with van der Waals surface area (Å²) in [5, 5.41) is 1.23. The number of hydrogen-bond acceptors (Lipinski definition) is 3. The quantitative estimate of drug-likeness (QED) is 0.0426. The van der Waals surface area contributed by atoms with E-state index in [1.54, 1.807) is 31.4 Å². The van der Waals surface area contributed by atoms with E-state index in [1.807, 2.05) is 12.1 Å². The SMILES string of the molecule is COc1cc2c(cc1OCc1ccc(F)cc1)CCN1C2Cc2c([nH]c3ccccc23)C1c1ccc(F)cc1.[B]B([B])B([B])B(B(B([B])[B])B([B])[B])B(B(B(B([B])[B])B([B])[B])B(B([B])[B])B([B])[B])B(B(B(B([B])[B])B([B])[B])B(B([B])[B])B([B])[B])B(B(B([B])[B])B([B])[B])B(B([B])[B])B([B])[B]. The van der Waals surface area contributed by atoms with Crippen molar-refractivity contribution in [1.29, 1.82) is 0 Å². The summed E-state index contributed by atoms with van der Waals surface area (Å²) in [5.74, 6) is 0.873. The average Bonchev–Trinajstić information content (AvgIpc) is 1.63. The molecular weight excluding hydrogens is 1140 g/mol. The second kappa shape index (κ2) is 39.2. The highest BCUT2D eigenvalue weighted by atomic mass is 19.1. The number of nitrogens with zero attached hydrogens (tertiary/aromatic N) is 1. The standard InChI is InChI=1S/C33H28F2N2O2.B60/c1-38-30-18-26-22(16-31(30)39-19-20-6-10-23(34)11-7-20)14-15-37-29(26)17-27-25-4-2-3-5-28(25)36-32(27)33(37)21-8-12-24(35)13-9-21;1-32(2)47(31)55(48(33(3)4)34(5)6)59(56(49(35(7)8)36(9)10)50(37(11)12)38(13)14)60(57(51(39(15)16)40(17)18)52(41(19)20)42(21)22)58(53(43(23)24)44(25)26)54(45(27)28)46(29)30/h2-13,16,18,29,33,36H,14-15,17,19H2,1H3;. The Hall–Kier alpha value is -0.264. The third-order valence-electron chi connectivity index (χ3n) is 20.6. The van der Waals surface area contributed by atoms with Gasteiger partial charge in [0.1, 0.15) is 18.2 Å². The first-order chi connectivity index (χ1) is 46.3. The molecule has 1 N–H and O–H groups in total. The number of para-hydroxylation sites is 1. The number of aromatic nitrogens is 1. The van der Waals surface area contributed by atoms with Crippen LogP contribution in [0.4, 0.5) is 8.78 Å². The van der Waals surface area contributed by atoms with E-state index in [0.29, 0.717) is 18.1 Å². The van der Waals surface area contributed by atoms with Crippen molar-refractivity contribution < 1.29 is 18.3 Å². The molecule has 0 saturated carbocycles. The fraction of sp³-hybridized carbons (Fsp3) is 0.212. The predicted molar refractivity (Wildman–Crippen MR) is 492 cm³/mol. The van der Waals surface area contributed by atoms with Gasteiger partial charge < -0.3 is 14.5 Å². The normalized spacial score (nSPS) is 13.1. The Kier molecular flexibility index (Phi) is 34.7. The number of fused-ring (bicyclic) bond motifs is 6. The van der Waals surface area contributed by atoms with E-state index in [-0.39, 0.29) is 23.7 Å². The molecule has 1 aromatic heterocycles. The minimum absolute atomic E-state index is 0.0136. The number of H-pyrrole nitrogens is 1. The minimum atomic E-state index is -1.52. The average molecular weight is 1170 g/mol. The van der Waals surface area contributed by atoms with Crippen molar-refractivity contribution in [3.05, 3.63) is 130 Å². The highest BCUT2D eigenvalue weighted by Crippen LogP contribution is 2.50. The predicted octanol–water partition coefficient (Wildman–Crippen LogP) is -15.6. The molecule has 99 heavy (non-hydrogen) atoms. The fourth-order valence-electron chi connectivity index (χ4n) is 16.6. The van der Waals surface area contributed by atoms with E-state index in [4.69, 9.17) is 249 Å². The molecule has 0 amide bonds. The Labute approximate surface area is 645 Å². The molecule has 2 aliphatic heterocycles. The molecule has 2 unspecified atom stereocenters. The zero-order chi connectivity index (χ0) is 74.3. The van der Waals surface area contributed by atoms with E-state index in [0.717, 1.165) is 36.0 Å². The summed E-state index contributed by atoms with van der Waals surface area (Å²) < 4.78 is 39.2. The van der Waals surface area contributed by atoms with Gasteiger partial charge in [-0.15, -0.1) is 0 Å². The largest absolute Gasteiger partial charge is 0.493 e. The van der Waals surface area contributed by atoms with E-state index >= 15 is 0 Å². The van der Waals surface area contributed by atoms with Crippen molar-refractivity contribution in [2.45, 2.75) is 31.5 Å². The molecule has 5 aromatic rings. The van der Waals surface area contributed by atoms with E-state index in [2.05, 4.69) is 46.3 Å². The lowest BCUT2D eigenvalue weighted by atomic mass is 8.23. The van der Waals surface area contributed by atoms with Gasteiger partial charge >= 0.3 is 0 Å². The van der Waals surface area contributed by atoms with Crippen LogP contribution in [0.2, 0.25) is 0 Å². The molecule has 3 heterocycles. The topological polar surface area (TPSA) is 37.5 Å². The van der Waals surface area contributed by atoms with Gasteiger partial charge in [0, 0.05) is 454 Å². The van der Waals surface area contributed by atoms with Gasteiger partial charge in [-0.25, -0.2) is 8.78 Å². The molecule has 7 rings (SSSR count). The Bertz CT molecular complexity index is 3100. The van der Waals surface area contributed by atoms with Crippen LogP contribution in [-0.4, -0.2) is 449 Å². The second-order valence-corrected chi connectivity index (χ2v) is 27.1. The Balaban J connectivity index is 0.000000336. The summed E-state index contributed by atoms with van der Waals surface area (Å²) in [7, 11) is 206. The third kappa shape index (κ3) is 21.0. The molecule has 376 valence electrons. The summed E-state index contributed by atoms with van der Waals surface area (Å²) >= 11 is 0. The number of rotatable bonds is 33. The molecule has 62 radical (unpaired) electrons. The smallest absolute Gasteiger partial charge is 0.161 e. The molecule has 0 aliphatic carbocycles. The Morgan fingerprint density at radius 1 is 0.414 bits per heavy atom. The van der Waals surface area contributed by atoms with Gasteiger partial charge in [0.05, 0.1) is 13.2 Å². The Morgan fingerprint density at radius 2 is 0.768 bits per heavy atom. The van der Waals surface area contributed by atoms with Crippen molar-refractivity contribution in [3.8, 4) is 11.5 Å². The van der Waals surface area contributed by atoms with Gasteiger partial charge in [0.25, 0.3) is 0 Å². The van der Waals surface area contributed by atoms with Crippen molar-refractivity contribution >= 4 is 436 Å².